The lowest BCUT2D eigenvalue weighted by atomic mass is 10.3. The summed E-state index contributed by atoms with van der Waals surface area (Å²) in [5, 5.41) is 7.91. The molecule has 0 aliphatic carbocycles. The van der Waals surface area contributed by atoms with Gasteiger partial charge in [-0.2, -0.15) is 10.2 Å². The molecule has 0 bridgehead atoms. The van der Waals surface area contributed by atoms with E-state index in [4.69, 9.17) is 0 Å². The molecular formula is C17H13FN6O2S. The molecule has 0 radical (unpaired) electrons. The van der Waals surface area contributed by atoms with Crippen LogP contribution in [0.1, 0.15) is 0 Å². The minimum atomic E-state index is -3.92. The molecule has 0 spiro atoms. The van der Waals surface area contributed by atoms with E-state index >= 15 is 0 Å². The summed E-state index contributed by atoms with van der Waals surface area (Å²) in [5.41, 5.74) is 0.971. The molecule has 2 heterocycles. The Morgan fingerprint density at radius 3 is 2.52 bits per heavy atom. The Morgan fingerprint density at radius 1 is 1.00 bits per heavy atom. The second kappa shape index (κ2) is 6.65. The summed E-state index contributed by atoms with van der Waals surface area (Å²) >= 11 is 0. The van der Waals surface area contributed by atoms with Crippen LogP contribution in [0.2, 0.25) is 0 Å². The summed E-state index contributed by atoms with van der Waals surface area (Å²) in [5.74, 6) is -0.638. The second-order valence-electron chi connectivity index (χ2n) is 5.57. The van der Waals surface area contributed by atoms with Crippen molar-refractivity contribution in [1.29, 1.82) is 0 Å². The largest absolute Gasteiger partial charge is 0.279 e. The first-order chi connectivity index (χ1) is 13.0. The van der Waals surface area contributed by atoms with Gasteiger partial charge in [0, 0.05) is 6.07 Å². The van der Waals surface area contributed by atoms with E-state index in [9.17, 15) is 12.8 Å². The van der Waals surface area contributed by atoms with Crippen LogP contribution in [0.5, 0.6) is 0 Å². The van der Waals surface area contributed by atoms with Crippen LogP contribution in [0.4, 0.5) is 10.1 Å². The molecule has 0 aliphatic rings. The molecule has 136 valence electrons. The van der Waals surface area contributed by atoms with Crippen molar-refractivity contribution in [3.63, 3.8) is 0 Å². The Labute approximate surface area is 154 Å². The van der Waals surface area contributed by atoms with Crippen molar-refractivity contribution < 1.29 is 12.8 Å². The summed E-state index contributed by atoms with van der Waals surface area (Å²) in [6.45, 7) is 0. The highest BCUT2D eigenvalue weighted by Crippen LogP contribution is 2.21. The minimum Gasteiger partial charge on any atom is -0.279 e. The molecule has 0 atom stereocenters. The van der Waals surface area contributed by atoms with Gasteiger partial charge in [-0.15, -0.1) is 0 Å². The van der Waals surface area contributed by atoms with Gasteiger partial charge in [0.1, 0.15) is 23.2 Å². The van der Waals surface area contributed by atoms with Crippen LogP contribution in [-0.4, -0.2) is 33.0 Å². The summed E-state index contributed by atoms with van der Waals surface area (Å²) in [6, 6.07) is 13.0. The fourth-order valence-corrected chi connectivity index (χ4v) is 3.45. The summed E-state index contributed by atoms with van der Waals surface area (Å²) < 4.78 is 44.4. The topological polar surface area (TPSA) is 94.7 Å². The number of sulfonamides is 1. The van der Waals surface area contributed by atoms with E-state index in [0.717, 1.165) is 11.8 Å². The lowest BCUT2D eigenvalue weighted by Gasteiger charge is -2.08. The zero-order valence-electron chi connectivity index (χ0n) is 13.8. The molecular weight excluding hydrogens is 371 g/mol. The maximum absolute atomic E-state index is 14.3. The number of hydrogen-bond acceptors (Lipinski definition) is 5. The lowest BCUT2D eigenvalue weighted by molar-refractivity contribution is 0.600. The Morgan fingerprint density at radius 2 is 1.81 bits per heavy atom. The number of nitrogens with zero attached hydrogens (tertiary/aromatic N) is 5. The normalized spacial score (nSPS) is 11.4. The van der Waals surface area contributed by atoms with Crippen molar-refractivity contribution in [1.82, 2.24) is 24.5 Å². The van der Waals surface area contributed by atoms with E-state index in [1.807, 2.05) is 18.2 Å². The zero-order valence-corrected chi connectivity index (χ0v) is 14.6. The predicted octanol–water partition coefficient (Wildman–Crippen LogP) is 2.39. The Hall–Kier alpha value is -3.53. The van der Waals surface area contributed by atoms with Gasteiger partial charge < -0.3 is 0 Å². The fraction of sp³-hybridized carbons (Fsp3) is 0. The standard InChI is InChI=1S/C17H13FN6O2S/c18-16-8-13(6-7-17(16)24-12-19-11-21-24)22-27(25,26)15-9-20-23(10-15)14-4-2-1-3-5-14/h1-12,22H. The van der Waals surface area contributed by atoms with Gasteiger partial charge in [-0.25, -0.2) is 27.2 Å². The van der Waals surface area contributed by atoms with Crippen LogP contribution in [0.3, 0.4) is 0 Å². The van der Waals surface area contributed by atoms with Crippen molar-refractivity contribution in [2.75, 3.05) is 4.72 Å². The van der Waals surface area contributed by atoms with E-state index in [1.165, 1.54) is 46.5 Å². The number of halogens is 1. The summed E-state index contributed by atoms with van der Waals surface area (Å²) in [4.78, 5) is 3.72. The lowest BCUT2D eigenvalue weighted by Crippen LogP contribution is -2.13. The molecule has 10 heteroatoms. The molecule has 4 aromatic rings. The van der Waals surface area contributed by atoms with E-state index in [2.05, 4.69) is 19.9 Å². The number of benzene rings is 2. The average molecular weight is 384 g/mol. The van der Waals surface area contributed by atoms with Crippen LogP contribution in [0, 0.1) is 5.82 Å². The molecule has 0 amide bonds. The molecule has 0 saturated heterocycles. The van der Waals surface area contributed by atoms with Crippen LogP contribution < -0.4 is 4.72 Å². The van der Waals surface area contributed by atoms with E-state index in [1.54, 1.807) is 12.1 Å². The van der Waals surface area contributed by atoms with Crippen molar-refractivity contribution >= 4 is 15.7 Å². The Bertz CT molecular complexity index is 1170. The molecule has 4 rings (SSSR count). The van der Waals surface area contributed by atoms with Crippen LogP contribution in [0.25, 0.3) is 11.4 Å². The van der Waals surface area contributed by atoms with Crippen LogP contribution in [0.15, 0.2) is 78.5 Å². The Kier molecular flexibility index (Phi) is 4.16. The molecule has 2 aromatic heterocycles. The first kappa shape index (κ1) is 16.9. The van der Waals surface area contributed by atoms with Gasteiger partial charge in [0.2, 0.25) is 0 Å². The van der Waals surface area contributed by atoms with E-state index in [0.29, 0.717) is 0 Å². The number of nitrogens with one attached hydrogen (secondary N) is 1. The maximum Gasteiger partial charge on any atom is 0.265 e. The van der Waals surface area contributed by atoms with E-state index < -0.39 is 15.8 Å². The third-order valence-electron chi connectivity index (χ3n) is 3.76. The third-order valence-corrected chi connectivity index (χ3v) is 5.09. The highest BCUT2D eigenvalue weighted by Gasteiger charge is 2.18. The molecule has 0 fully saturated rings. The highest BCUT2D eigenvalue weighted by molar-refractivity contribution is 7.92. The van der Waals surface area contributed by atoms with Gasteiger partial charge in [0.15, 0.2) is 5.82 Å². The van der Waals surface area contributed by atoms with Gasteiger partial charge in [-0.05, 0) is 24.3 Å². The average Bonchev–Trinajstić information content (AvgIpc) is 3.35. The van der Waals surface area contributed by atoms with Crippen molar-refractivity contribution in [2.45, 2.75) is 4.90 Å². The van der Waals surface area contributed by atoms with Crippen LogP contribution >= 0.6 is 0 Å². The number of hydrogen-bond donors (Lipinski definition) is 1. The zero-order chi connectivity index (χ0) is 18.9. The van der Waals surface area contributed by atoms with Gasteiger partial charge in [0.05, 0.1) is 23.8 Å². The van der Waals surface area contributed by atoms with Crippen molar-refractivity contribution in [2.24, 2.45) is 0 Å². The molecule has 1 N–H and O–H groups in total. The molecule has 2 aromatic carbocycles. The van der Waals surface area contributed by atoms with Gasteiger partial charge >= 0.3 is 0 Å². The van der Waals surface area contributed by atoms with Gasteiger partial charge in [-0.3, -0.25) is 4.72 Å². The molecule has 0 aliphatic heterocycles. The minimum absolute atomic E-state index is 0.0351. The fourth-order valence-electron chi connectivity index (χ4n) is 2.47. The maximum atomic E-state index is 14.3. The van der Waals surface area contributed by atoms with Crippen molar-refractivity contribution in [3.05, 3.63) is 79.4 Å². The van der Waals surface area contributed by atoms with Crippen molar-refractivity contribution in [3.8, 4) is 11.4 Å². The first-order valence-electron chi connectivity index (χ1n) is 7.80. The highest BCUT2D eigenvalue weighted by atomic mass is 32.2. The van der Waals surface area contributed by atoms with Crippen LogP contribution in [-0.2, 0) is 10.0 Å². The van der Waals surface area contributed by atoms with Gasteiger partial charge in [0.25, 0.3) is 10.0 Å². The summed E-state index contributed by atoms with van der Waals surface area (Å²) in [6.07, 6.45) is 5.24. The molecule has 27 heavy (non-hydrogen) atoms. The van der Waals surface area contributed by atoms with E-state index in [-0.39, 0.29) is 16.3 Å². The second-order valence-corrected chi connectivity index (χ2v) is 7.25. The number of rotatable bonds is 5. The SMILES string of the molecule is O=S(=O)(Nc1ccc(-n2cncn2)c(F)c1)c1cnn(-c2ccccc2)c1. The number of aromatic nitrogens is 5. The predicted molar refractivity (Wildman–Crippen MR) is 95.7 cm³/mol. The first-order valence-corrected chi connectivity index (χ1v) is 9.29. The summed E-state index contributed by atoms with van der Waals surface area (Å²) in [7, 11) is -3.92. The monoisotopic (exact) mass is 384 g/mol. The van der Waals surface area contributed by atoms with Gasteiger partial charge in [-0.1, -0.05) is 18.2 Å². The quantitative estimate of drug-likeness (QED) is 0.570. The molecule has 8 nitrogen and oxygen atoms in total. The number of para-hydroxylation sites is 1. The number of anilines is 1. The third kappa shape index (κ3) is 3.42. The molecule has 0 unspecified atom stereocenters. The Balaban J connectivity index is 1.59. The smallest absolute Gasteiger partial charge is 0.265 e. The molecule has 0 saturated carbocycles.